The minimum Gasteiger partial charge on any atom is -0.456 e. The van der Waals surface area contributed by atoms with Crippen LogP contribution in [0.15, 0.2) is 221 Å². The molecule has 0 aliphatic rings. The molecule has 0 spiro atoms. The topological polar surface area (TPSA) is 29.5 Å². The van der Waals surface area contributed by atoms with Crippen LogP contribution in [0.1, 0.15) is 0 Å². The van der Waals surface area contributed by atoms with Crippen LogP contribution in [-0.4, -0.2) is 0 Å². The SMILES string of the molecule is c1ccc(-c2ccc(N(c3ccc(-c4ccc5c(c4)oc4ccccc45)cc3)c3ccc(-c4ccc5oc6c(-c7ccccc7)cccc6c5c4)cc3)cc2)cc1. The van der Waals surface area contributed by atoms with Crippen LogP contribution >= 0.6 is 0 Å². The largest absolute Gasteiger partial charge is 0.456 e. The molecule has 0 saturated carbocycles. The van der Waals surface area contributed by atoms with Crippen LogP contribution in [0.2, 0.25) is 0 Å². The highest BCUT2D eigenvalue weighted by Crippen LogP contribution is 2.41. The molecular formula is C54H35NO2. The number of fused-ring (bicyclic) bond motifs is 6. The lowest BCUT2D eigenvalue weighted by molar-refractivity contribution is 0.669. The number of furan rings is 2. The summed E-state index contributed by atoms with van der Waals surface area (Å²) < 4.78 is 12.7. The molecule has 0 fully saturated rings. The molecule has 11 aromatic rings. The van der Waals surface area contributed by atoms with Crippen LogP contribution in [0, 0.1) is 0 Å². The van der Waals surface area contributed by atoms with Gasteiger partial charge >= 0.3 is 0 Å². The molecular weight excluding hydrogens is 695 g/mol. The molecule has 0 unspecified atom stereocenters. The molecule has 0 bridgehead atoms. The average molecular weight is 730 g/mol. The summed E-state index contributed by atoms with van der Waals surface area (Å²) in [5, 5.41) is 4.51. The van der Waals surface area contributed by atoms with E-state index in [-0.39, 0.29) is 0 Å². The molecule has 2 heterocycles. The first-order chi connectivity index (χ1) is 28.2. The van der Waals surface area contributed by atoms with E-state index in [1.165, 1.54) is 11.1 Å². The van der Waals surface area contributed by atoms with E-state index in [1.54, 1.807) is 0 Å². The van der Waals surface area contributed by atoms with Gasteiger partial charge in [0.05, 0.1) is 0 Å². The van der Waals surface area contributed by atoms with E-state index < -0.39 is 0 Å². The third-order valence-electron chi connectivity index (χ3n) is 11.1. The Morgan fingerprint density at radius 2 is 0.737 bits per heavy atom. The van der Waals surface area contributed by atoms with Crippen molar-refractivity contribution in [2.24, 2.45) is 0 Å². The number of nitrogens with zero attached hydrogens (tertiary/aromatic N) is 1. The molecule has 268 valence electrons. The van der Waals surface area contributed by atoms with E-state index in [1.807, 2.05) is 18.2 Å². The highest BCUT2D eigenvalue weighted by atomic mass is 16.3. The summed E-state index contributed by atoms with van der Waals surface area (Å²) in [6.07, 6.45) is 0. The number of rotatable bonds is 7. The number of anilines is 3. The predicted molar refractivity (Wildman–Crippen MR) is 237 cm³/mol. The molecule has 0 amide bonds. The van der Waals surface area contributed by atoms with E-state index in [9.17, 15) is 0 Å². The van der Waals surface area contributed by atoms with Crippen molar-refractivity contribution < 1.29 is 8.83 Å². The van der Waals surface area contributed by atoms with Crippen LogP contribution < -0.4 is 4.90 Å². The van der Waals surface area contributed by atoms with Gasteiger partial charge in [-0.25, -0.2) is 0 Å². The van der Waals surface area contributed by atoms with Gasteiger partial charge in [-0.05, 0) is 106 Å². The van der Waals surface area contributed by atoms with Gasteiger partial charge in [-0.15, -0.1) is 0 Å². The van der Waals surface area contributed by atoms with E-state index in [0.29, 0.717) is 0 Å². The van der Waals surface area contributed by atoms with Gasteiger partial charge < -0.3 is 13.7 Å². The van der Waals surface area contributed by atoms with Crippen LogP contribution in [0.4, 0.5) is 17.1 Å². The summed E-state index contributed by atoms with van der Waals surface area (Å²) >= 11 is 0. The normalized spacial score (nSPS) is 11.5. The van der Waals surface area contributed by atoms with Gasteiger partial charge in [-0.2, -0.15) is 0 Å². The van der Waals surface area contributed by atoms with Gasteiger partial charge in [0.2, 0.25) is 0 Å². The number of hydrogen-bond donors (Lipinski definition) is 0. The molecule has 9 aromatic carbocycles. The first-order valence-corrected chi connectivity index (χ1v) is 19.3. The lowest BCUT2D eigenvalue weighted by Crippen LogP contribution is -2.09. The Kier molecular flexibility index (Phi) is 7.82. The van der Waals surface area contributed by atoms with Crippen LogP contribution in [0.25, 0.3) is 88.4 Å². The van der Waals surface area contributed by atoms with Gasteiger partial charge in [-0.3, -0.25) is 0 Å². The van der Waals surface area contributed by atoms with Gasteiger partial charge in [0.25, 0.3) is 0 Å². The number of para-hydroxylation sites is 2. The fourth-order valence-corrected chi connectivity index (χ4v) is 8.22. The summed E-state index contributed by atoms with van der Waals surface area (Å²) in [5.41, 5.74) is 16.0. The van der Waals surface area contributed by atoms with Crippen molar-refractivity contribution in [2.45, 2.75) is 0 Å². The van der Waals surface area contributed by atoms with Crippen LogP contribution in [-0.2, 0) is 0 Å². The van der Waals surface area contributed by atoms with Crippen LogP contribution in [0.5, 0.6) is 0 Å². The first kappa shape index (κ1) is 32.8. The van der Waals surface area contributed by atoms with Crippen molar-refractivity contribution in [1.82, 2.24) is 0 Å². The number of hydrogen-bond acceptors (Lipinski definition) is 3. The van der Waals surface area contributed by atoms with Crippen molar-refractivity contribution in [2.75, 3.05) is 4.90 Å². The minimum absolute atomic E-state index is 0.889. The maximum Gasteiger partial charge on any atom is 0.143 e. The highest BCUT2D eigenvalue weighted by Gasteiger charge is 2.16. The third-order valence-corrected chi connectivity index (χ3v) is 11.1. The second-order valence-electron chi connectivity index (χ2n) is 14.5. The van der Waals surface area contributed by atoms with Crippen molar-refractivity contribution in [1.29, 1.82) is 0 Å². The molecule has 0 N–H and O–H groups in total. The second kappa shape index (κ2) is 13.6. The van der Waals surface area contributed by atoms with E-state index >= 15 is 0 Å². The Hall–Kier alpha value is -7.62. The lowest BCUT2D eigenvalue weighted by atomic mass is 10.00. The Bertz CT molecular complexity index is 3200. The Balaban J connectivity index is 0.952. The summed E-state index contributed by atoms with van der Waals surface area (Å²) in [5.74, 6) is 0. The molecule has 0 radical (unpaired) electrons. The van der Waals surface area contributed by atoms with E-state index in [0.717, 1.165) is 94.3 Å². The maximum absolute atomic E-state index is 6.47. The fourth-order valence-electron chi connectivity index (χ4n) is 8.22. The Morgan fingerprint density at radius 3 is 1.40 bits per heavy atom. The number of benzene rings is 9. The smallest absolute Gasteiger partial charge is 0.143 e. The van der Waals surface area contributed by atoms with Gasteiger partial charge in [-0.1, -0.05) is 146 Å². The maximum atomic E-state index is 6.47. The highest BCUT2D eigenvalue weighted by molar-refractivity contribution is 6.10. The van der Waals surface area contributed by atoms with Gasteiger partial charge in [0.15, 0.2) is 0 Å². The van der Waals surface area contributed by atoms with Crippen molar-refractivity contribution in [3.63, 3.8) is 0 Å². The zero-order chi connectivity index (χ0) is 37.7. The van der Waals surface area contributed by atoms with Crippen molar-refractivity contribution >= 4 is 60.9 Å². The quantitative estimate of drug-likeness (QED) is 0.164. The van der Waals surface area contributed by atoms with Crippen molar-refractivity contribution in [3.05, 3.63) is 212 Å². The molecule has 2 aromatic heterocycles. The van der Waals surface area contributed by atoms with Gasteiger partial charge in [0, 0.05) is 44.2 Å². The molecule has 0 aliphatic carbocycles. The second-order valence-corrected chi connectivity index (χ2v) is 14.5. The summed E-state index contributed by atoms with van der Waals surface area (Å²) in [7, 11) is 0. The average Bonchev–Trinajstić information content (AvgIpc) is 3.86. The molecule has 3 nitrogen and oxygen atoms in total. The van der Waals surface area contributed by atoms with Gasteiger partial charge in [0.1, 0.15) is 22.3 Å². The standard InChI is InChI=1S/C54H35NO2/c1-3-10-36(11-4-1)37-18-26-43(27-19-37)55(45-30-22-39(23-31-45)42-24-32-48-47-14-7-8-17-51(47)56-53(48)35-42)44-28-20-38(21-29-44)41-25-33-52-50(34-41)49-16-9-15-46(54(49)57-52)40-12-5-2-6-13-40/h1-35H. The predicted octanol–water partition coefficient (Wildman–Crippen LogP) is 15.6. The molecule has 57 heavy (non-hydrogen) atoms. The summed E-state index contributed by atoms with van der Waals surface area (Å²) in [4.78, 5) is 2.32. The third kappa shape index (κ3) is 5.85. The Morgan fingerprint density at radius 1 is 0.263 bits per heavy atom. The monoisotopic (exact) mass is 729 g/mol. The molecule has 0 atom stereocenters. The first-order valence-electron chi connectivity index (χ1n) is 19.3. The van der Waals surface area contributed by atoms with E-state index in [2.05, 4.69) is 199 Å². The molecule has 0 saturated heterocycles. The lowest BCUT2D eigenvalue weighted by Gasteiger charge is -2.26. The molecule has 0 aliphatic heterocycles. The van der Waals surface area contributed by atoms with Crippen LogP contribution in [0.3, 0.4) is 0 Å². The molecule has 3 heteroatoms. The zero-order valence-corrected chi connectivity index (χ0v) is 31.0. The summed E-state index contributed by atoms with van der Waals surface area (Å²) in [6.45, 7) is 0. The zero-order valence-electron chi connectivity index (χ0n) is 31.0. The summed E-state index contributed by atoms with van der Waals surface area (Å²) in [6, 6.07) is 75.1. The minimum atomic E-state index is 0.889. The van der Waals surface area contributed by atoms with Crippen molar-refractivity contribution in [3.8, 4) is 44.5 Å². The fraction of sp³-hybridized carbons (Fsp3) is 0. The Labute approximate surface area is 330 Å². The van der Waals surface area contributed by atoms with E-state index in [4.69, 9.17) is 8.83 Å². The molecule has 11 rings (SSSR count).